The number of hydrogen-bond donors (Lipinski definition) is 2. The fraction of sp³-hybridized carbons (Fsp3) is 0.867. The van der Waals surface area contributed by atoms with Crippen molar-refractivity contribution in [2.24, 2.45) is 28.9 Å². The topological polar surface area (TPSA) is 68.8 Å². The zero-order chi connectivity index (χ0) is 13.7. The molecule has 0 aliphatic heterocycles. The van der Waals surface area contributed by atoms with Gasteiger partial charge in [-0.05, 0) is 61.7 Å². The third-order valence-electron chi connectivity index (χ3n) is 5.89. The average molecular weight is 275 g/mol. The summed E-state index contributed by atoms with van der Waals surface area (Å²) in [4.78, 5) is 0. The lowest BCUT2D eigenvalue weighted by molar-refractivity contribution is -0.0620. The summed E-state index contributed by atoms with van der Waals surface area (Å²) in [6.07, 6.45) is 8.69. The molecule has 110 valence electrons. The highest BCUT2D eigenvalue weighted by molar-refractivity contribution is 5.25. The molecular weight excluding hydrogens is 250 g/mol. The van der Waals surface area contributed by atoms with Gasteiger partial charge in [-0.3, -0.25) is 4.57 Å². The van der Waals surface area contributed by atoms with Crippen molar-refractivity contribution in [1.82, 2.24) is 14.8 Å². The zero-order valence-corrected chi connectivity index (χ0v) is 12.3. The molecule has 4 aliphatic rings. The quantitative estimate of drug-likeness (QED) is 0.882. The molecule has 0 radical (unpaired) electrons. The fourth-order valence-electron chi connectivity index (χ4n) is 5.66. The predicted octanol–water partition coefficient (Wildman–Crippen LogP) is 1.99. The molecule has 3 N–H and O–H groups in total. The van der Waals surface area contributed by atoms with Crippen LogP contribution in [-0.4, -0.2) is 21.8 Å². The second-order valence-electron chi connectivity index (χ2n) is 7.40. The van der Waals surface area contributed by atoms with E-state index in [1.165, 1.54) is 38.5 Å². The molecule has 1 aromatic heterocycles. The second-order valence-corrected chi connectivity index (χ2v) is 7.40. The Kier molecular flexibility index (Phi) is 2.81. The van der Waals surface area contributed by atoms with Crippen LogP contribution in [0.4, 0.5) is 5.95 Å². The summed E-state index contributed by atoms with van der Waals surface area (Å²) in [6.45, 7) is 1.53. The van der Waals surface area contributed by atoms with Gasteiger partial charge in [0.2, 0.25) is 5.95 Å². The van der Waals surface area contributed by atoms with Crippen LogP contribution in [0.1, 0.15) is 44.3 Å². The minimum Gasteiger partial charge on any atom is -0.357 e. The summed E-state index contributed by atoms with van der Waals surface area (Å²) in [5.74, 6) is 4.75. The van der Waals surface area contributed by atoms with Crippen LogP contribution in [0, 0.1) is 23.2 Å². The maximum absolute atomic E-state index is 5.83. The molecule has 0 atom stereocenters. The van der Waals surface area contributed by atoms with Gasteiger partial charge in [0.1, 0.15) is 5.82 Å². The molecule has 5 nitrogen and oxygen atoms in total. The van der Waals surface area contributed by atoms with Crippen molar-refractivity contribution in [3.63, 3.8) is 0 Å². The van der Waals surface area contributed by atoms with Gasteiger partial charge in [-0.2, -0.15) is 0 Å². The van der Waals surface area contributed by atoms with Crippen LogP contribution in [0.3, 0.4) is 0 Å². The van der Waals surface area contributed by atoms with E-state index in [1.807, 2.05) is 7.05 Å². The monoisotopic (exact) mass is 275 g/mol. The lowest BCUT2D eigenvalue weighted by atomic mass is 9.49. The minimum absolute atomic E-state index is 0.473. The van der Waals surface area contributed by atoms with Crippen molar-refractivity contribution in [1.29, 1.82) is 0 Å². The molecule has 20 heavy (non-hydrogen) atoms. The predicted molar refractivity (Wildman–Crippen MR) is 78.1 cm³/mol. The minimum atomic E-state index is 0.473. The Bertz CT molecular complexity index is 450. The van der Waals surface area contributed by atoms with E-state index in [2.05, 4.69) is 20.1 Å². The molecule has 0 amide bonds. The average Bonchev–Trinajstić information content (AvgIpc) is 2.78. The summed E-state index contributed by atoms with van der Waals surface area (Å²) in [5, 5.41) is 11.6. The van der Waals surface area contributed by atoms with Gasteiger partial charge < -0.3 is 11.1 Å². The highest BCUT2D eigenvalue weighted by Crippen LogP contribution is 2.60. The number of nitrogens with zero attached hydrogens (tertiary/aromatic N) is 3. The Labute approximate surface area is 120 Å². The van der Waals surface area contributed by atoms with Crippen LogP contribution in [0.5, 0.6) is 0 Å². The molecule has 4 bridgehead atoms. The van der Waals surface area contributed by atoms with Gasteiger partial charge in [-0.1, -0.05) is 0 Å². The van der Waals surface area contributed by atoms with E-state index in [-0.39, 0.29) is 0 Å². The number of nitrogens with two attached hydrogens (primary N) is 1. The largest absolute Gasteiger partial charge is 0.357 e. The second kappa shape index (κ2) is 4.45. The van der Waals surface area contributed by atoms with Gasteiger partial charge in [0.15, 0.2) is 0 Å². The highest BCUT2D eigenvalue weighted by Gasteiger charge is 2.51. The maximum atomic E-state index is 5.83. The number of anilines is 1. The zero-order valence-electron chi connectivity index (χ0n) is 12.3. The van der Waals surface area contributed by atoms with Gasteiger partial charge in [-0.25, -0.2) is 0 Å². The van der Waals surface area contributed by atoms with E-state index < -0.39 is 0 Å². The Morgan fingerprint density at radius 2 is 1.75 bits per heavy atom. The lowest BCUT2D eigenvalue weighted by Crippen LogP contribution is -2.48. The fourth-order valence-corrected chi connectivity index (χ4v) is 5.66. The standard InChI is InChI=1S/C15H25N5/c1-17-14-19-18-13(8-16)20(14)9-15-5-10-2-11(6-15)4-12(3-10)7-15/h10-12H,2-9,16H2,1H3,(H,17,19). The first-order chi connectivity index (χ1) is 9.71. The van der Waals surface area contributed by atoms with E-state index in [4.69, 9.17) is 5.73 Å². The van der Waals surface area contributed by atoms with Gasteiger partial charge in [0.05, 0.1) is 6.54 Å². The normalized spacial score (nSPS) is 38.4. The van der Waals surface area contributed by atoms with Gasteiger partial charge in [0, 0.05) is 13.6 Å². The molecule has 0 saturated heterocycles. The Balaban J connectivity index is 1.64. The van der Waals surface area contributed by atoms with Crippen molar-refractivity contribution in [2.75, 3.05) is 12.4 Å². The van der Waals surface area contributed by atoms with Gasteiger partial charge in [-0.15, -0.1) is 10.2 Å². The van der Waals surface area contributed by atoms with Crippen LogP contribution < -0.4 is 11.1 Å². The molecular formula is C15H25N5. The van der Waals surface area contributed by atoms with Gasteiger partial charge >= 0.3 is 0 Å². The number of rotatable bonds is 4. The van der Waals surface area contributed by atoms with Gasteiger partial charge in [0.25, 0.3) is 0 Å². The molecule has 4 fully saturated rings. The van der Waals surface area contributed by atoms with Crippen LogP contribution in [0.15, 0.2) is 0 Å². The Morgan fingerprint density at radius 1 is 1.15 bits per heavy atom. The molecule has 5 heteroatoms. The van der Waals surface area contributed by atoms with Crippen molar-refractivity contribution in [3.05, 3.63) is 5.82 Å². The van der Waals surface area contributed by atoms with E-state index in [0.717, 1.165) is 36.1 Å². The molecule has 4 aliphatic carbocycles. The number of aromatic nitrogens is 3. The summed E-state index contributed by atoms with van der Waals surface area (Å²) in [5.41, 5.74) is 6.33. The maximum Gasteiger partial charge on any atom is 0.224 e. The van der Waals surface area contributed by atoms with E-state index >= 15 is 0 Å². The summed E-state index contributed by atoms with van der Waals surface area (Å²) < 4.78 is 2.24. The Hall–Kier alpha value is -1.10. The molecule has 1 heterocycles. The van der Waals surface area contributed by atoms with Crippen LogP contribution in [0.2, 0.25) is 0 Å². The molecule has 1 aromatic rings. The third-order valence-corrected chi connectivity index (χ3v) is 5.89. The van der Waals surface area contributed by atoms with E-state index in [0.29, 0.717) is 12.0 Å². The SMILES string of the molecule is CNc1nnc(CN)n1CC12CC3CC(CC(C3)C1)C2. The molecule has 0 unspecified atom stereocenters. The highest BCUT2D eigenvalue weighted by atomic mass is 15.4. The molecule has 4 saturated carbocycles. The first kappa shape index (κ1) is 12.6. The van der Waals surface area contributed by atoms with E-state index in [1.54, 1.807) is 0 Å². The summed E-state index contributed by atoms with van der Waals surface area (Å²) >= 11 is 0. The van der Waals surface area contributed by atoms with Crippen LogP contribution >= 0.6 is 0 Å². The van der Waals surface area contributed by atoms with Crippen LogP contribution in [0.25, 0.3) is 0 Å². The first-order valence-corrected chi connectivity index (χ1v) is 8.01. The first-order valence-electron chi connectivity index (χ1n) is 8.01. The molecule has 0 spiro atoms. The molecule has 5 rings (SSSR count). The summed E-state index contributed by atoms with van der Waals surface area (Å²) in [7, 11) is 1.92. The van der Waals surface area contributed by atoms with Crippen LogP contribution in [-0.2, 0) is 13.1 Å². The number of hydrogen-bond acceptors (Lipinski definition) is 4. The van der Waals surface area contributed by atoms with Crippen molar-refractivity contribution < 1.29 is 0 Å². The lowest BCUT2D eigenvalue weighted by Gasteiger charge is -2.57. The summed E-state index contributed by atoms with van der Waals surface area (Å²) in [6, 6.07) is 0. The number of nitrogens with one attached hydrogen (secondary N) is 1. The van der Waals surface area contributed by atoms with Crippen molar-refractivity contribution in [3.8, 4) is 0 Å². The smallest absolute Gasteiger partial charge is 0.224 e. The molecule has 0 aromatic carbocycles. The van der Waals surface area contributed by atoms with E-state index in [9.17, 15) is 0 Å². The Morgan fingerprint density at radius 3 is 2.25 bits per heavy atom. The third kappa shape index (κ3) is 1.86. The van der Waals surface area contributed by atoms with Crippen molar-refractivity contribution in [2.45, 2.75) is 51.6 Å². The van der Waals surface area contributed by atoms with Crippen molar-refractivity contribution >= 4 is 5.95 Å².